The van der Waals surface area contributed by atoms with E-state index >= 15 is 0 Å². The highest BCUT2D eigenvalue weighted by molar-refractivity contribution is 5.51. The molecule has 0 unspecified atom stereocenters. The lowest BCUT2D eigenvalue weighted by molar-refractivity contribution is 0.372. The Bertz CT molecular complexity index is 402. The molecule has 17 heavy (non-hydrogen) atoms. The number of benzene rings is 1. The van der Waals surface area contributed by atoms with E-state index in [1.807, 2.05) is 0 Å². The predicted octanol–water partition coefficient (Wildman–Crippen LogP) is 2.21. The number of ether oxygens (including phenoxy) is 2. The Morgan fingerprint density at radius 2 is 2.06 bits per heavy atom. The molecule has 94 valence electrons. The lowest BCUT2D eigenvalue weighted by atomic mass is 9.99. The van der Waals surface area contributed by atoms with Crippen LogP contribution in [-0.4, -0.2) is 19.3 Å². The van der Waals surface area contributed by atoms with Gasteiger partial charge in [0.2, 0.25) is 0 Å². The fourth-order valence-electron chi connectivity index (χ4n) is 2.08. The minimum Gasteiger partial charge on any atom is -0.507 e. The van der Waals surface area contributed by atoms with Crippen LogP contribution < -0.4 is 15.2 Å². The van der Waals surface area contributed by atoms with Crippen LogP contribution in [-0.2, 0) is 0 Å². The summed E-state index contributed by atoms with van der Waals surface area (Å²) in [5.74, 6) is 2.02. The Balaban J connectivity index is 2.29. The van der Waals surface area contributed by atoms with Crippen molar-refractivity contribution in [3.05, 3.63) is 17.7 Å². The minimum absolute atomic E-state index is 0.148. The summed E-state index contributed by atoms with van der Waals surface area (Å²) in [5.41, 5.74) is 6.80. The van der Waals surface area contributed by atoms with Gasteiger partial charge in [-0.05, 0) is 12.3 Å². The molecule has 3 N–H and O–H groups in total. The van der Waals surface area contributed by atoms with E-state index in [2.05, 4.69) is 0 Å². The molecule has 1 aliphatic rings. The van der Waals surface area contributed by atoms with Gasteiger partial charge < -0.3 is 20.3 Å². The Labute approximate surface area is 101 Å². The second-order valence-corrected chi connectivity index (χ2v) is 4.55. The van der Waals surface area contributed by atoms with Gasteiger partial charge in [-0.1, -0.05) is 12.8 Å². The van der Waals surface area contributed by atoms with Crippen molar-refractivity contribution in [1.29, 1.82) is 0 Å². The lowest BCUT2D eigenvalue weighted by Gasteiger charge is -2.18. The molecule has 0 spiro atoms. The highest BCUT2D eigenvalue weighted by atomic mass is 16.5. The topological polar surface area (TPSA) is 64.7 Å². The van der Waals surface area contributed by atoms with Crippen LogP contribution in [0, 0.1) is 5.92 Å². The summed E-state index contributed by atoms with van der Waals surface area (Å²) in [6.45, 7) is 0. The molecule has 4 heteroatoms. The SMILES string of the molecule is COc1cc(O)c([C@H](N)CC2CC2)c(OC)c1. The molecular weight excluding hydrogens is 218 g/mol. The molecular formula is C13H19NO3. The van der Waals surface area contributed by atoms with Crippen LogP contribution in [0.15, 0.2) is 12.1 Å². The highest BCUT2D eigenvalue weighted by Crippen LogP contribution is 2.42. The predicted molar refractivity (Wildman–Crippen MR) is 65.5 cm³/mol. The zero-order valence-corrected chi connectivity index (χ0v) is 10.3. The third-order valence-electron chi connectivity index (χ3n) is 3.20. The van der Waals surface area contributed by atoms with Gasteiger partial charge in [0.15, 0.2) is 0 Å². The zero-order chi connectivity index (χ0) is 12.4. The number of hydrogen-bond donors (Lipinski definition) is 2. The molecule has 0 radical (unpaired) electrons. The van der Waals surface area contributed by atoms with Crippen molar-refractivity contribution in [1.82, 2.24) is 0 Å². The first-order valence-corrected chi connectivity index (χ1v) is 5.86. The van der Waals surface area contributed by atoms with Crippen molar-refractivity contribution in [3.8, 4) is 17.2 Å². The zero-order valence-electron chi connectivity index (χ0n) is 10.3. The molecule has 2 rings (SSSR count). The lowest BCUT2D eigenvalue weighted by Crippen LogP contribution is -2.12. The summed E-state index contributed by atoms with van der Waals surface area (Å²) in [6.07, 6.45) is 3.39. The summed E-state index contributed by atoms with van der Waals surface area (Å²) >= 11 is 0. The molecule has 0 heterocycles. The fraction of sp³-hybridized carbons (Fsp3) is 0.538. The van der Waals surface area contributed by atoms with E-state index in [1.165, 1.54) is 12.8 Å². The fourth-order valence-corrected chi connectivity index (χ4v) is 2.08. The van der Waals surface area contributed by atoms with Gasteiger partial charge in [0, 0.05) is 18.2 Å². The highest BCUT2D eigenvalue weighted by Gasteiger charge is 2.27. The molecule has 0 aliphatic heterocycles. The van der Waals surface area contributed by atoms with Gasteiger partial charge in [-0.15, -0.1) is 0 Å². The molecule has 1 aromatic rings. The van der Waals surface area contributed by atoms with Crippen LogP contribution in [0.4, 0.5) is 0 Å². The van der Waals surface area contributed by atoms with Crippen molar-refractivity contribution < 1.29 is 14.6 Å². The van der Waals surface area contributed by atoms with E-state index in [9.17, 15) is 5.11 Å². The van der Waals surface area contributed by atoms with Crippen LogP contribution in [0.25, 0.3) is 0 Å². The molecule has 1 aliphatic carbocycles. The van der Waals surface area contributed by atoms with Gasteiger partial charge in [0.05, 0.1) is 19.8 Å². The van der Waals surface area contributed by atoms with Gasteiger partial charge in [-0.2, -0.15) is 0 Å². The van der Waals surface area contributed by atoms with Crippen LogP contribution >= 0.6 is 0 Å². The van der Waals surface area contributed by atoms with Crippen LogP contribution in [0.3, 0.4) is 0 Å². The van der Waals surface area contributed by atoms with Crippen molar-refractivity contribution in [2.45, 2.75) is 25.3 Å². The first-order chi connectivity index (χ1) is 8.15. The molecule has 1 atom stereocenters. The molecule has 0 amide bonds. The summed E-state index contributed by atoms with van der Waals surface area (Å²) in [7, 11) is 3.12. The number of aromatic hydroxyl groups is 1. The van der Waals surface area contributed by atoms with E-state index in [-0.39, 0.29) is 11.8 Å². The normalized spacial score (nSPS) is 16.6. The van der Waals surface area contributed by atoms with E-state index in [1.54, 1.807) is 26.4 Å². The van der Waals surface area contributed by atoms with Gasteiger partial charge in [-0.3, -0.25) is 0 Å². The van der Waals surface area contributed by atoms with Gasteiger partial charge in [-0.25, -0.2) is 0 Å². The quantitative estimate of drug-likeness (QED) is 0.824. The summed E-state index contributed by atoms with van der Waals surface area (Å²) in [6, 6.07) is 3.15. The van der Waals surface area contributed by atoms with Gasteiger partial charge >= 0.3 is 0 Å². The maximum absolute atomic E-state index is 10.00. The molecule has 0 bridgehead atoms. The second-order valence-electron chi connectivity index (χ2n) is 4.55. The van der Waals surface area contributed by atoms with E-state index in [0.717, 1.165) is 6.42 Å². The average molecular weight is 237 g/mol. The summed E-state index contributed by atoms with van der Waals surface area (Å²) in [5, 5.41) is 10.00. The van der Waals surface area contributed by atoms with Gasteiger partial charge in [0.1, 0.15) is 17.2 Å². The second kappa shape index (κ2) is 4.84. The van der Waals surface area contributed by atoms with Crippen molar-refractivity contribution >= 4 is 0 Å². The Morgan fingerprint density at radius 3 is 2.59 bits per heavy atom. The van der Waals surface area contributed by atoms with Crippen molar-refractivity contribution in [2.75, 3.05) is 14.2 Å². The van der Waals surface area contributed by atoms with Gasteiger partial charge in [0.25, 0.3) is 0 Å². The maximum atomic E-state index is 10.00. The summed E-state index contributed by atoms with van der Waals surface area (Å²) < 4.78 is 10.4. The van der Waals surface area contributed by atoms with E-state index in [0.29, 0.717) is 23.0 Å². The standard InChI is InChI=1S/C13H19NO3/c1-16-9-6-11(15)13(12(7-9)17-2)10(14)5-8-3-4-8/h6-8,10,15H,3-5,14H2,1-2H3/t10-/m1/s1. The Kier molecular flexibility index (Phi) is 3.43. The van der Waals surface area contributed by atoms with E-state index in [4.69, 9.17) is 15.2 Å². The maximum Gasteiger partial charge on any atom is 0.131 e. The smallest absolute Gasteiger partial charge is 0.131 e. The number of rotatable bonds is 5. The Hall–Kier alpha value is -1.42. The van der Waals surface area contributed by atoms with Crippen LogP contribution in [0.5, 0.6) is 17.2 Å². The molecule has 1 saturated carbocycles. The van der Waals surface area contributed by atoms with Crippen molar-refractivity contribution in [3.63, 3.8) is 0 Å². The minimum atomic E-state index is -0.177. The molecule has 1 aromatic carbocycles. The number of phenols is 1. The molecule has 4 nitrogen and oxygen atoms in total. The third-order valence-corrected chi connectivity index (χ3v) is 3.20. The number of methoxy groups -OCH3 is 2. The summed E-state index contributed by atoms with van der Waals surface area (Å²) in [4.78, 5) is 0. The Morgan fingerprint density at radius 1 is 1.35 bits per heavy atom. The monoisotopic (exact) mass is 237 g/mol. The van der Waals surface area contributed by atoms with Crippen LogP contribution in [0.2, 0.25) is 0 Å². The molecule has 0 saturated heterocycles. The number of phenolic OH excluding ortho intramolecular Hbond substituents is 1. The molecule has 0 aromatic heterocycles. The third kappa shape index (κ3) is 2.64. The largest absolute Gasteiger partial charge is 0.507 e. The van der Waals surface area contributed by atoms with E-state index < -0.39 is 0 Å². The number of hydrogen-bond acceptors (Lipinski definition) is 4. The van der Waals surface area contributed by atoms with Crippen LogP contribution in [0.1, 0.15) is 30.9 Å². The average Bonchev–Trinajstić information content (AvgIpc) is 3.11. The number of nitrogens with two attached hydrogens (primary N) is 1. The molecule has 1 fully saturated rings. The first kappa shape index (κ1) is 12.0. The first-order valence-electron chi connectivity index (χ1n) is 5.86. The van der Waals surface area contributed by atoms with Crippen molar-refractivity contribution in [2.24, 2.45) is 11.7 Å².